The van der Waals surface area contributed by atoms with E-state index in [1.165, 1.54) is 0 Å². The Hall–Kier alpha value is -1.36. The standard InChI is InChI=1S/C10H14O5/c1-3-8(11)14-6-9(12)15-10(2)4-5-13-7-10/h3H,1,4-7H2,2H3. The van der Waals surface area contributed by atoms with Crippen molar-refractivity contribution >= 4 is 11.9 Å². The van der Waals surface area contributed by atoms with Gasteiger partial charge in [0.2, 0.25) is 0 Å². The fraction of sp³-hybridized carbons (Fsp3) is 0.600. The molecular weight excluding hydrogens is 200 g/mol. The normalized spacial score (nSPS) is 24.6. The van der Waals surface area contributed by atoms with E-state index >= 15 is 0 Å². The van der Waals surface area contributed by atoms with E-state index in [1.807, 2.05) is 0 Å². The number of hydrogen-bond acceptors (Lipinski definition) is 5. The SMILES string of the molecule is C=CC(=O)OCC(=O)OC1(C)CCOC1. The Kier molecular flexibility index (Phi) is 3.85. The third-order valence-electron chi connectivity index (χ3n) is 2.04. The fourth-order valence-electron chi connectivity index (χ4n) is 1.22. The molecule has 1 atom stereocenters. The highest BCUT2D eigenvalue weighted by atomic mass is 16.6. The van der Waals surface area contributed by atoms with Crippen molar-refractivity contribution in [2.75, 3.05) is 19.8 Å². The average Bonchev–Trinajstić information content (AvgIpc) is 2.61. The number of esters is 2. The highest BCUT2D eigenvalue weighted by molar-refractivity contribution is 5.83. The molecule has 0 radical (unpaired) electrons. The van der Waals surface area contributed by atoms with Crippen LogP contribution in [0.25, 0.3) is 0 Å². The van der Waals surface area contributed by atoms with Crippen LogP contribution in [0.15, 0.2) is 12.7 Å². The van der Waals surface area contributed by atoms with Crippen LogP contribution in [0.2, 0.25) is 0 Å². The van der Waals surface area contributed by atoms with Gasteiger partial charge in [0, 0.05) is 12.5 Å². The lowest BCUT2D eigenvalue weighted by molar-refractivity contribution is -0.167. The van der Waals surface area contributed by atoms with Gasteiger partial charge in [-0.3, -0.25) is 0 Å². The average molecular weight is 214 g/mol. The monoisotopic (exact) mass is 214 g/mol. The molecule has 0 aliphatic carbocycles. The molecule has 1 heterocycles. The first-order valence-electron chi connectivity index (χ1n) is 4.64. The fourth-order valence-corrected chi connectivity index (χ4v) is 1.22. The molecular formula is C10H14O5. The van der Waals surface area contributed by atoms with E-state index in [-0.39, 0.29) is 6.61 Å². The molecule has 5 heteroatoms. The number of hydrogen-bond donors (Lipinski definition) is 0. The van der Waals surface area contributed by atoms with Crippen molar-refractivity contribution in [3.05, 3.63) is 12.7 Å². The Bertz CT molecular complexity index is 265. The van der Waals surface area contributed by atoms with Crippen LogP contribution in [0.1, 0.15) is 13.3 Å². The molecule has 1 unspecified atom stereocenters. The Balaban J connectivity index is 2.29. The maximum atomic E-state index is 11.2. The molecule has 84 valence electrons. The molecule has 1 aliphatic rings. The van der Waals surface area contributed by atoms with Crippen molar-refractivity contribution in [3.63, 3.8) is 0 Å². The van der Waals surface area contributed by atoms with Gasteiger partial charge in [-0.05, 0) is 6.92 Å². The Morgan fingerprint density at radius 3 is 2.87 bits per heavy atom. The van der Waals surface area contributed by atoms with Crippen LogP contribution in [0.3, 0.4) is 0 Å². The van der Waals surface area contributed by atoms with Crippen molar-refractivity contribution < 1.29 is 23.8 Å². The van der Waals surface area contributed by atoms with E-state index in [0.717, 1.165) is 6.08 Å². The Labute approximate surface area is 88.0 Å². The minimum Gasteiger partial charge on any atom is -0.454 e. The first kappa shape index (κ1) is 11.7. The molecule has 1 aliphatic heterocycles. The largest absolute Gasteiger partial charge is 0.454 e. The topological polar surface area (TPSA) is 61.8 Å². The summed E-state index contributed by atoms with van der Waals surface area (Å²) in [7, 11) is 0. The van der Waals surface area contributed by atoms with Crippen LogP contribution >= 0.6 is 0 Å². The van der Waals surface area contributed by atoms with E-state index in [2.05, 4.69) is 11.3 Å². The van der Waals surface area contributed by atoms with Gasteiger partial charge in [-0.2, -0.15) is 0 Å². The molecule has 0 saturated carbocycles. The molecule has 0 aromatic rings. The molecule has 5 nitrogen and oxygen atoms in total. The summed E-state index contributed by atoms with van der Waals surface area (Å²) in [4.78, 5) is 21.9. The third kappa shape index (κ3) is 3.71. The van der Waals surface area contributed by atoms with Crippen LogP contribution in [0.5, 0.6) is 0 Å². The lowest BCUT2D eigenvalue weighted by Gasteiger charge is -2.21. The predicted molar refractivity (Wildman–Crippen MR) is 51.1 cm³/mol. The van der Waals surface area contributed by atoms with Crippen molar-refractivity contribution in [2.45, 2.75) is 18.9 Å². The highest BCUT2D eigenvalue weighted by Crippen LogP contribution is 2.22. The van der Waals surface area contributed by atoms with E-state index < -0.39 is 17.5 Å². The van der Waals surface area contributed by atoms with Gasteiger partial charge in [0.25, 0.3) is 0 Å². The van der Waals surface area contributed by atoms with Crippen molar-refractivity contribution in [3.8, 4) is 0 Å². The van der Waals surface area contributed by atoms with Crippen LogP contribution < -0.4 is 0 Å². The second-order valence-corrected chi connectivity index (χ2v) is 3.54. The molecule has 15 heavy (non-hydrogen) atoms. The molecule has 0 aromatic carbocycles. The van der Waals surface area contributed by atoms with Gasteiger partial charge in [0.05, 0.1) is 13.2 Å². The van der Waals surface area contributed by atoms with Gasteiger partial charge in [0.15, 0.2) is 6.61 Å². The van der Waals surface area contributed by atoms with Crippen LogP contribution in [0, 0.1) is 0 Å². The van der Waals surface area contributed by atoms with Gasteiger partial charge in [-0.15, -0.1) is 0 Å². The molecule has 0 bridgehead atoms. The van der Waals surface area contributed by atoms with Crippen LogP contribution in [-0.4, -0.2) is 37.4 Å². The maximum absolute atomic E-state index is 11.2. The van der Waals surface area contributed by atoms with Crippen molar-refractivity contribution in [1.82, 2.24) is 0 Å². The van der Waals surface area contributed by atoms with E-state index in [1.54, 1.807) is 6.92 Å². The predicted octanol–water partition coefficient (Wildman–Crippen LogP) is 0.438. The Morgan fingerprint density at radius 1 is 1.60 bits per heavy atom. The van der Waals surface area contributed by atoms with E-state index in [4.69, 9.17) is 9.47 Å². The lowest BCUT2D eigenvalue weighted by atomic mass is 10.1. The zero-order chi connectivity index (χ0) is 11.3. The van der Waals surface area contributed by atoms with Gasteiger partial charge < -0.3 is 14.2 Å². The summed E-state index contributed by atoms with van der Waals surface area (Å²) in [5.74, 6) is -1.21. The molecule has 1 fully saturated rings. The second-order valence-electron chi connectivity index (χ2n) is 3.54. The lowest BCUT2D eigenvalue weighted by Crippen LogP contribution is -2.33. The zero-order valence-corrected chi connectivity index (χ0v) is 8.65. The molecule has 1 saturated heterocycles. The molecule has 0 aromatic heterocycles. The highest BCUT2D eigenvalue weighted by Gasteiger charge is 2.33. The number of carbonyl (C=O) groups is 2. The summed E-state index contributed by atoms with van der Waals surface area (Å²) in [5.41, 5.74) is -0.586. The number of rotatable bonds is 4. The Morgan fingerprint density at radius 2 is 2.33 bits per heavy atom. The second kappa shape index (κ2) is 4.93. The van der Waals surface area contributed by atoms with E-state index in [9.17, 15) is 9.59 Å². The van der Waals surface area contributed by atoms with Gasteiger partial charge in [-0.1, -0.05) is 6.58 Å². The maximum Gasteiger partial charge on any atom is 0.344 e. The summed E-state index contributed by atoms with van der Waals surface area (Å²) in [6, 6.07) is 0. The minimum absolute atomic E-state index is 0.383. The quantitative estimate of drug-likeness (QED) is 0.502. The summed E-state index contributed by atoms with van der Waals surface area (Å²) in [6.07, 6.45) is 1.65. The molecule has 0 N–H and O–H groups in total. The summed E-state index contributed by atoms with van der Waals surface area (Å²) >= 11 is 0. The molecule has 0 amide bonds. The summed E-state index contributed by atoms with van der Waals surface area (Å²) in [6.45, 7) is 5.57. The summed E-state index contributed by atoms with van der Waals surface area (Å²) in [5, 5.41) is 0. The van der Waals surface area contributed by atoms with E-state index in [0.29, 0.717) is 19.6 Å². The van der Waals surface area contributed by atoms with Crippen LogP contribution in [0.4, 0.5) is 0 Å². The van der Waals surface area contributed by atoms with Crippen molar-refractivity contribution in [2.24, 2.45) is 0 Å². The molecule has 0 spiro atoms. The number of ether oxygens (including phenoxy) is 3. The zero-order valence-electron chi connectivity index (χ0n) is 8.65. The van der Waals surface area contributed by atoms with Gasteiger partial charge in [-0.25, -0.2) is 9.59 Å². The first-order chi connectivity index (χ1) is 7.06. The molecule has 1 rings (SSSR count). The summed E-state index contributed by atoms with van der Waals surface area (Å²) < 4.78 is 14.8. The third-order valence-corrected chi connectivity index (χ3v) is 2.04. The van der Waals surface area contributed by atoms with Crippen LogP contribution in [-0.2, 0) is 23.8 Å². The number of carbonyl (C=O) groups excluding carboxylic acids is 2. The van der Waals surface area contributed by atoms with Gasteiger partial charge >= 0.3 is 11.9 Å². The smallest absolute Gasteiger partial charge is 0.344 e. The van der Waals surface area contributed by atoms with Gasteiger partial charge in [0.1, 0.15) is 5.60 Å². The minimum atomic E-state index is -0.639. The first-order valence-corrected chi connectivity index (χ1v) is 4.64. The van der Waals surface area contributed by atoms with Crippen molar-refractivity contribution in [1.29, 1.82) is 0 Å².